The number of hydrogen-bond acceptors (Lipinski definition) is 4. The molecule has 2 aromatic rings. The van der Waals surface area contributed by atoms with Crippen LogP contribution in [0.25, 0.3) is 10.2 Å². The third-order valence-electron chi connectivity index (χ3n) is 3.25. The molecule has 96 valence electrons. The van der Waals surface area contributed by atoms with Gasteiger partial charge in [-0.15, -0.1) is 11.3 Å². The zero-order chi connectivity index (χ0) is 12.9. The molecule has 0 atom stereocenters. The highest BCUT2D eigenvalue weighted by molar-refractivity contribution is 7.99. The van der Waals surface area contributed by atoms with Crippen molar-refractivity contribution in [1.29, 1.82) is 0 Å². The highest BCUT2D eigenvalue weighted by Gasteiger charge is 2.22. The van der Waals surface area contributed by atoms with Gasteiger partial charge in [-0.2, -0.15) is 0 Å². The summed E-state index contributed by atoms with van der Waals surface area (Å²) in [6.45, 7) is 4.24. The summed E-state index contributed by atoms with van der Waals surface area (Å²) < 4.78 is 1.71. The molecular weight excluding hydrogens is 264 g/mol. The van der Waals surface area contributed by atoms with Gasteiger partial charge in [0.15, 0.2) is 5.16 Å². The van der Waals surface area contributed by atoms with Crippen molar-refractivity contribution >= 4 is 33.3 Å². The molecule has 0 spiro atoms. The number of aromatic nitrogens is 2. The first-order valence-corrected chi connectivity index (χ1v) is 7.95. The van der Waals surface area contributed by atoms with Crippen LogP contribution in [0.3, 0.4) is 0 Å². The summed E-state index contributed by atoms with van der Waals surface area (Å²) in [5.41, 5.74) is 1.40. The van der Waals surface area contributed by atoms with Gasteiger partial charge in [-0.1, -0.05) is 25.6 Å². The number of nitrogens with zero attached hydrogens (tertiary/aromatic N) is 2. The SMILES string of the molecule is CC(C)Sc1nc2sc3c(c2c(=O)n1C)CCC3. The summed E-state index contributed by atoms with van der Waals surface area (Å²) >= 11 is 3.37. The van der Waals surface area contributed by atoms with E-state index >= 15 is 0 Å². The first-order valence-electron chi connectivity index (χ1n) is 6.26. The lowest BCUT2D eigenvalue weighted by Gasteiger charge is -2.09. The smallest absolute Gasteiger partial charge is 0.262 e. The molecule has 0 saturated heterocycles. The molecule has 0 saturated carbocycles. The van der Waals surface area contributed by atoms with Crippen LogP contribution in [0.1, 0.15) is 30.7 Å². The van der Waals surface area contributed by atoms with Crippen LogP contribution in [0.5, 0.6) is 0 Å². The summed E-state index contributed by atoms with van der Waals surface area (Å²) in [6, 6.07) is 0. The summed E-state index contributed by atoms with van der Waals surface area (Å²) in [6.07, 6.45) is 3.35. The van der Waals surface area contributed by atoms with Crippen molar-refractivity contribution in [3.63, 3.8) is 0 Å². The van der Waals surface area contributed by atoms with Gasteiger partial charge in [0, 0.05) is 17.2 Å². The Bertz CT molecular complexity index is 670. The van der Waals surface area contributed by atoms with Gasteiger partial charge in [-0.3, -0.25) is 9.36 Å². The fourth-order valence-electron chi connectivity index (χ4n) is 2.42. The Morgan fingerprint density at radius 3 is 2.89 bits per heavy atom. The normalized spacial score (nSPS) is 14.7. The van der Waals surface area contributed by atoms with E-state index in [-0.39, 0.29) is 5.56 Å². The molecule has 0 bridgehead atoms. The molecule has 3 nitrogen and oxygen atoms in total. The average Bonchev–Trinajstić information content (AvgIpc) is 2.84. The molecule has 0 N–H and O–H groups in total. The Labute approximate surface area is 114 Å². The molecule has 5 heteroatoms. The van der Waals surface area contributed by atoms with Gasteiger partial charge in [0.05, 0.1) is 5.39 Å². The van der Waals surface area contributed by atoms with Gasteiger partial charge >= 0.3 is 0 Å². The van der Waals surface area contributed by atoms with Crippen molar-refractivity contribution in [2.75, 3.05) is 0 Å². The Hall–Kier alpha value is -0.810. The van der Waals surface area contributed by atoms with Crippen molar-refractivity contribution in [1.82, 2.24) is 9.55 Å². The second-order valence-electron chi connectivity index (χ2n) is 4.96. The van der Waals surface area contributed by atoms with Crippen LogP contribution >= 0.6 is 23.1 Å². The van der Waals surface area contributed by atoms with E-state index in [0.717, 1.165) is 28.2 Å². The molecule has 3 rings (SSSR count). The van der Waals surface area contributed by atoms with Crippen LogP contribution in [0.4, 0.5) is 0 Å². The monoisotopic (exact) mass is 280 g/mol. The standard InChI is InChI=1S/C13H16N2OS2/c1-7(2)17-13-14-11-10(12(16)15(13)3)8-5-4-6-9(8)18-11/h7H,4-6H2,1-3H3. The molecular formula is C13H16N2OS2. The van der Waals surface area contributed by atoms with E-state index in [1.54, 1.807) is 27.7 Å². The lowest BCUT2D eigenvalue weighted by Crippen LogP contribution is -2.20. The first-order chi connectivity index (χ1) is 8.58. The van der Waals surface area contributed by atoms with Crippen LogP contribution in [0.15, 0.2) is 9.95 Å². The second-order valence-corrected chi connectivity index (χ2v) is 7.59. The summed E-state index contributed by atoms with van der Waals surface area (Å²) in [7, 11) is 1.83. The molecule has 0 amide bonds. The molecule has 0 aliphatic heterocycles. The lowest BCUT2D eigenvalue weighted by atomic mass is 10.2. The highest BCUT2D eigenvalue weighted by atomic mass is 32.2. The number of thioether (sulfide) groups is 1. The third-order valence-corrected chi connectivity index (χ3v) is 5.48. The van der Waals surface area contributed by atoms with Crippen molar-refractivity contribution in [3.8, 4) is 0 Å². The lowest BCUT2D eigenvalue weighted by molar-refractivity contribution is 0.725. The number of hydrogen-bond donors (Lipinski definition) is 0. The predicted octanol–water partition coefficient (Wildman–Crippen LogP) is 2.98. The summed E-state index contributed by atoms with van der Waals surface area (Å²) in [5, 5.41) is 2.15. The minimum atomic E-state index is 0.127. The Balaban J connectivity index is 2.26. The van der Waals surface area contributed by atoms with E-state index in [1.807, 2.05) is 7.05 Å². The Kier molecular flexibility index (Phi) is 2.98. The van der Waals surface area contributed by atoms with E-state index < -0.39 is 0 Å². The Morgan fingerprint density at radius 1 is 1.39 bits per heavy atom. The van der Waals surface area contributed by atoms with E-state index in [2.05, 4.69) is 18.8 Å². The molecule has 2 heterocycles. The number of aryl methyl sites for hydroxylation is 2. The fraction of sp³-hybridized carbons (Fsp3) is 0.538. The van der Waals surface area contributed by atoms with Gasteiger partial charge in [0.2, 0.25) is 0 Å². The molecule has 1 aliphatic carbocycles. The van der Waals surface area contributed by atoms with Gasteiger partial charge in [-0.05, 0) is 24.8 Å². The molecule has 0 aromatic carbocycles. The van der Waals surface area contributed by atoms with E-state index in [1.165, 1.54) is 16.9 Å². The van der Waals surface area contributed by atoms with Gasteiger partial charge in [-0.25, -0.2) is 4.98 Å². The largest absolute Gasteiger partial charge is 0.290 e. The van der Waals surface area contributed by atoms with Crippen molar-refractivity contribution in [2.45, 2.75) is 43.5 Å². The molecule has 0 unspecified atom stereocenters. The number of thiophene rings is 1. The summed E-state index contributed by atoms with van der Waals surface area (Å²) in [5.74, 6) is 0. The maximum absolute atomic E-state index is 12.5. The molecule has 0 fully saturated rings. The van der Waals surface area contributed by atoms with Gasteiger partial charge in [0.25, 0.3) is 5.56 Å². The zero-order valence-corrected chi connectivity index (χ0v) is 12.5. The molecule has 0 radical (unpaired) electrons. The number of fused-ring (bicyclic) bond motifs is 3. The predicted molar refractivity (Wildman–Crippen MR) is 77.9 cm³/mol. The van der Waals surface area contributed by atoms with Crippen molar-refractivity contribution < 1.29 is 0 Å². The second kappa shape index (κ2) is 4.38. The maximum atomic E-state index is 12.5. The third kappa shape index (κ3) is 1.80. The van der Waals surface area contributed by atoms with E-state index in [4.69, 9.17) is 0 Å². The van der Waals surface area contributed by atoms with Crippen LogP contribution in [-0.2, 0) is 19.9 Å². The van der Waals surface area contributed by atoms with E-state index in [0.29, 0.717) is 5.25 Å². The van der Waals surface area contributed by atoms with Crippen LogP contribution < -0.4 is 5.56 Å². The van der Waals surface area contributed by atoms with Crippen molar-refractivity contribution in [3.05, 3.63) is 20.8 Å². The maximum Gasteiger partial charge on any atom is 0.262 e. The quantitative estimate of drug-likeness (QED) is 0.626. The van der Waals surface area contributed by atoms with Crippen molar-refractivity contribution in [2.24, 2.45) is 7.05 Å². The van der Waals surface area contributed by atoms with Gasteiger partial charge < -0.3 is 0 Å². The van der Waals surface area contributed by atoms with Gasteiger partial charge in [0.1, 0.15) is 4.83 Å². The minimum absolute atomic E-state index is 0.127. The number of rotatable bonds is 2. The summed E-state index contributed by atoms with van der Waals surface area (Å²) in [4.78, 5) is 19.5. The average molecular weight is 280 g/mol. The first kappa shape index (κ1) is 12.2. The zero-order valence-electron chi connectivity index (χ0n) is 10.8. The molecule has 1 aliphatic rings. The molecule has 2 aromatic heterocycles. The van der Waals surface area contributed by atoms with Crippen LogP contribution in [0, 0.1) is 0 Å². The highest BCUT2D eigenvalue weighted by Crippen LogP contribution is 2.35. The Morgan fingerprint density at radius 2 is 2.17 bits per heavy atom. The minimum Gasteiger partial charge on any atom is -0.290 e. The van der Waals surface area contributed by atoms with Crippen LogP contribution in [-0.4, -0.2) is 14.8 Å². The molecule has 18 heavy (non-hydrogen) atoms. The fourth-order valence-corrected chi connectivity index (χ4v) is 4.54. The van der Waals surface area contributed by atoms with E-state index in [9.17, 15) is 4.79 Å². The topological polar surface area (TPSA) is 34.9 Å². The van der Waals surface area contributed by atoms with Crippen LogP contribution in [0.2, 0.25) is 0 Å².